The lowest BCUT2D eigenvalue weighted by molar-refractivity contribution is 0.214. The highest BCUT2D eigenvalue weighted by atomic mass is 16.2. The van der Waals surface area contributed by atoms with Crippen LogP contribution in [0.1, 0.15) is 5.82 Å². The van der Waals surface area contributed by atoms with Crippen molar-refractivity contribution in [2.45, 2.75) is 6.42 Å². The van der Waals surface area contributed by atoms with E-state index in [1.807, 2.05) is 0 Å². The van der Waals surface area contributed by atoms with Crippen molar-refractivity contribution in [3.63, 3.8) is 0 Å². The fraction of sp³-hybridized carbons (Fsp3) is 0.429. The number of aromatic nitrogens is 4. The third-order valence-corrected chi connectivity index (χ3v) is 1.36. The molecule has 0 unspecified atom stereocenters. The molecule has 0 aliphatic rings. The van der Waals surface area contributed by atoms with Gasteiger partial charge in [-0.25, -0.2) is 4.79 Å². The van der Waals surface area contributed by atoms with Crippen LogP contribution in [0.25, 0.3) is 0 Å². The minimum absolute atomic E-state index is 0.243. The molecule has 6 nitrogen and oxygen atoms in total. The quantitative estimate of drug-likeness (QED) is 0.425. The number of hydrogen-bond acceptors (Lipinski definition) is 4. The van der Waals surface area contributed by atoms with Crippen LogP contribution in [-0.2, 0) is 6.42 Å². The predicted octanol–water partition coefficient (Wildman–Crippen LogP) is -0.622. The lowest BCUT2D eigenvalue weighted by Crippen LogP contribution is -2.29. The molecule has 0 saturated carbocycles. The molecule has 0 aliphatic carbocycles. The largest absolute Gasteiger partial charge is 0.347 e. The van der Waals surface area contributed by atoms with Gasteiger partial charge in [-0.1, -0.05) is 5.92 Å². The standard InChI is InChI=1S/C7H9N5O/c1-4-5-6-8-9-10-12(6)7(13)11(2)3/h1H,5H2,2-3H3. The predicted molar refractivity (Wildman–Crippen MR) is 44.8 cm³/mol. The SMILES string of the molecule is C#CCc1nnnn1C(=O)N(C)C. The van der Waals surface area contributed by atoms with Gasteiger partial charge in [-0.05, 0) is 10.4 Å². The Kier molecular flexibility index (Phi) is 2.59. The van der Waals surface area contributed by atoms with E-state index >= 15 is 0 Å². The van der Waals surface area contributed by atoms with Crippen LogP contribution in [0.3, 0.4) is 0 Å². The number of nitrogens with zero attached hydrogens (tertiary/aromatic N) is 5. The van der Waals surface area contributed by atoms with Gasteiger partial charge >= 0.3 is 6.03 Å². The Bertz CT molecular complexity index is 348. The summed E-state index contributed by atoms with van der Waals surface area (Å²) in [5.74, 6) is 2.75. The van der Waals surface area contributed by atoms with Gasteiger partial charge in [0.05, 0.1) is 6.42 Å². The normalized spacial score (nSPS) is 9.31. The average Bonchev–Trinajstić information content (AvgIpc) is 2.52. The van der Waals surface area contributed by atoms with E-state index in [0.717, 1.165) is 4.68 Å². The van der Waals surface area contributed by atoms with Crippen LogP contribution in [0.15, 0.2) is 0 Å². The van der Waals surface area contributed by atoms with E-state index in [0.29, 0.717) is 5.82 Å². The molecule has 1 amide bonds. The zero-order valence-corrected chi connectivity index (χ0v) is 7.43. The number of carbonyl (C=O) groups excluding carboxylic acids is 1. The van der Waals surface area contributed by atoms with Crippen LogP contribution >= 0.6 is 0 Å². The Morgan fingerprint density at radius 1 is 1.69 bits per heavy atom. The van der Waals surface area contributed by atoms with Crippen molar-refractivity contribution < 1.29 is 4.79 Å². The highest BCUT2D eigenvalue weighted by Crippen LogP contribution is 1.94. The zero-order chi connectivity index (χ0) is 9.84. The van der Waals surface area contributed by atoms with E-state index in [1.165, 1.54) is 4.90 Å². The van der Waals surface area contributed by atoms with Gasteiger partial charge in [-0.2, -0.15) is 0 Å². The van der Waals surface area contributed by atoms with E-state index in [9.17, 15) is 4.79 Å². The van der Waals surface area contributed by atoms with E-state index in [2.05, 4.69) is 21.4 Å². The van der Waals surface area contributed by atoms with Crippen LogP contribution in [-0.4, -0.2) is 45.2 Å². The maximum Gasteiger partial charge on any atom is 0.347 e. The van der Waals surface area contributed by atoms with Gasteiger partial charge in [0.2, 0.25) is 0 Å². The molecule has 13 heavy (non-hydrogen) atoms. The van der Waals surface area contributed by atoms with E-state index < -0.39 is 0 Å². The van der Waals surface area contributed by atoms with Gasteiger partial charge in [-0.3, -0.25) is 0 Å². The fourth-order valence-electron chi connectivity index (χ4n) is 0.745. The first kappa shape index (κ1) is 9.19. The summed E-state index contributed by atoms with van der Waals surface area (Å²) in [4.78, 5) is 12.8. The van der Waals surface area contributed by atoms with Crippen LogP contribution in [0.4, 0.5) is 4.79 Å². The van der Waals surface area contributed by atoms with Crippen LogP contribution in [0, 0.1) is 12.3 Å². The number of tetrazole rings is 1. The summed E-state index contributed by atoms with van der Waals surface area (Å²) in [6.07, 6.45) is 5.32. The lowest BCUT2D eigenvalue weighted by atomic mass is 10.4. The first-order valence-electron chi connectivity index (χ1n) is 3.59. The van der Waals surface area contributed by atoms with Crippen molar-refractivity contribution in [3.05, 3.63) is 5.82 Å². The molecule has 0 fully saturated rings. The Balaban J connectivity index is 2.95. The molecular formula is C7H9N5O. The molecule has 1 aromatic rings. The number of terminal acetylenes is 1. The van der Waals surface area contributed by atoms with Crippen LogP contribution in [0.5, 0.6) is 0 Å². The molecule has 0 N–H and O–H groups in total. The summed E-state index contributed by atoms with van der Waals surface area (Å²) in [6.45, 7) is 0. The molecular weight excluding hydrogens is 170 g/mol. The highest BCUT2D eigenvalue weighted by molar-refractivity contribution is 5.75. The maximum absolute atomic E-state index is 11.4. The highest BCUT2D eigenvalue weighted by Gasteiger charge is 2.13. The first-order chi connectivity index (χ1) is 6.16. The molecule has 1 heterocycles. The third-order valence-electron chi connectivity index (χ3n) is 1.36. The summed E-state index contributed by atoms with van der Waals surface area (Å²) in [7, 11) is 3.23. The molecule has 0 spiro atoms. The molecule has 0 atom stereocenters. The lowest BCUT2D eigenvalue weighted by Gasteiger charge is -2.08. The van der Waals surface area contributed by atoms with Crippen molar-refractivity contribution in [2.75, 3.05) is 14.1 Å². The molecule has 0 radical (unpaired) electrons. The van der Waals surface area contributed by atoms with Crippen molar-refractivity contribution in [1.82, 2.24) is 25.1 Å². The summed E-state index contributed by atoms with van der Waals surface area (Å²) < 4.78 is 1.08. The summed E-state index contributed by atoms with van der Waals surface area (Å²) >= 11 is 0. The molecule has 68 valence electrons. The number of rotatable bonds is 1. The number of amides is 1. The van der Waals surface area contributed by atoms with Crippen molar-refractivity contribution in [3.8, 4) is 12.3 Å². The molecule has 0 saturated heterocycles. The van der Waals surface area contributed by atoms with Gasteiger partial charge in [0.15, 0.2) is 5.82 Å². The summed E-state index contributed by atoms with van der Waals surface area (Å²) in [5, 5.41) is 10.5. The summed E-state index contributed by atoms with van der Waals surface area (Å²) in [6, 6.07) is -0.310. The maximum atomic E-state index is 11.4. The number of carbonyl (C=O) groups is 1. The first-order valence-corrected chi connectivity index (χ1v) is 3.59. The van der Waals surface area contributed by atoms with Gasteiger partial charge in [0.1, 0.15) is 0 Å². The minimum atomic E-state index is -0.310. The third kappa shape index (κ3) is 1.82. The van der Waals surface area contributed by atoms with Crippen molar-refractivity contribution in [2.24, 2.45) is 0 Å². The minimum Gasteiger partial charge on any atom is -0.329 e. The number of hydrogen-bond donors (Lipinski definition) is 0. The Labute approximate surface area is 75.5 Å². The molecule has 0 aromatic carbocycles. The Hall–Kier alpha value is -1.90. The second kappa shape index (κ2) is 3.67. The van der Waals surface area contributed by atoms with Gasteiger partial charge in [-0.15, -0.1) is 16.2 Å². The Morgan fingerprint density at radius 2 is 2.38 bits per heavy atom. The van der Waals surface area contributed by atoms with Gasteiger partial charge in [0, 0.05) is 14.1 Å². The van der Waals surface area contributed by atoms with Gasteiger partial charge < -0.3 is 4.90 Å². The van der Waals surface area contributed by atoms with Crippen LogP contribution in [0.2, 0.25) is 0 Å². The van der Waals surface area contributed by atoms with Crippen molar-refractivity contribution in [1.29, 1.82) is 0 Å². The fourth-order valence-corrected chi connectivity index (χ4v) is 0.745. The summed E-state index contributed by atoms with van der Waals surface area (Å²) in [5.41, 5.74) is 0. The molecule has 0 bridgehead atoms. The van der Waals surface area contributed by atoms with Crippen molar-refractivity contribution >= 4 is 6.03 Å². The molecule has 6 heteroatoms. The Morgan fingerprint density at radius 3 is 2.92 bits per heavy atom. The van der Waals surface area contributed by atoms with E-state index in [1.54, 1.807) is 14.1 Å². The molecule has 0 aliphatic heterocycles. The second-order valence-corrected chi connectivity index (χ2v) is 2.56. The zero-order valence-electron chi connectivity index (χ0n) is 7.43. The van der Waals surface area contributed by atoms with Crippen LogP contribution < -0.4 is 0 Å². The smallest absolute Gasteiger partial charge is 0.329 e. The van der Waals surface area contributed by atoms with E-state index in [4.69, 9.17) is 6.42 Å². The topological polar surface area (TPSA) is 63.9 Å². The molecule has 1 rings (SSSR count). The van der Waals surface area contributed by atoms with E-state index in [-0.39, 0.29) is 12.5 Å². The molecule has 1 aromatic heterocycles. The van der Waals surface area contributed by atoms with Gasteiger partial charge in [0.25, 0.3) is 0 Å². The second-order valence-electron chi connectivity index (χ2n) is 2.56. The monoisotopic (exact) mass is 179 g/mol. The average molecular weight is 179 g/mol.